The van der Waals surface area contributed by atoms with Crippen molar-refractivity contribution in [3.8, 4) is 0 Å². The molecular formula is C18H23ClN4O4. The number of carbonyl (C=O) groups is 1. The van der Waals surface area contributed by atoms with Gasteiger partial charge in [0.15, 0.2) is 0 Å². The molecule has 1 aliphatic carbocycles. The molecule has 1 unspecified atom stereocenters. The zero-order chi connectivity index (χ0) is 18.7. The van der Waals surface area contributed by atoms with Crippen LogP contribution in [0.4, 0.5) is 5.82 Å². The first-order valence-electron chi connectivity index (χ1n) is 9.54. The fourth-order valence-corrected chi connectivity index (χ4v) is 5.28. The van der Waals surface area contributed by atoms with Gasteiger partial charge in [-0.1, -0.05) is 11.6 Å². The molecule has 4 heterocycles. The minimum absolute atomic E-state index is 0.0201. The van der Waals surface area contributed by atoms with E-state index in [-0.39, 0.29) is 48.0 Å². The van der Waals surface area contributed by atoms with Gasteiger partial charge in [0.2, 0.25) is 5.91 Å². The molecule has 0 radical (unpaired) electrons. The lowest BCUT2D eigenvalue weighted by Crippen LogP contribution is -2.51. The summed E-state index contributed by atoms with van der Waals surface area (Å²) in [7, 11) is 0. The van der Waals surface area contributed by atoms with Crippen LogP contribution in [0.15, 0.2) is 12.4 Å². The summed E-state index contributed by atoms with van der Waals surface area (Å²) in [6.45, 7) is 1.31. The van der Waals surface area contributed by atoms with E-state index in [1.807, 2.05) is 0 Å². The molecule has 1 saturated carbocycles. The highest BCUT2D eigenvalue weighted by Crippen LogP contribution is 2.47. The first-order valence-corrected chi connectivity index (χ1v) is 9.92. The second-order valence-electron chi connectivity index (χ2n) is 8.24. The summed E-state index contributed by atoms with van der Waals surface area (Å²) >= 11 is 5.97. The number of aliphatic hydroxyl groups excluding tert-OH is 2. The third kappa shape index (κ3) is 2.99. The molecule has 146 valence electrons. The third-order valence-electron chi connectivity index (χ3n) is 6.58. The van der Waals surface area contributed by atoms with Crippen molar-refractivity contribution in [2.45, 2.75) is 49.7 Å². The predicted octanol–water partition coefficient (Wildman–Crippen LogP) is -0.0299. The zero-order valence-electron chi connectivity index (χ0n) is 14.7. The van der Waals surface area contributed by atoms with Crippen LogP contribution in [0.25, 0.3) is 0 Å². The van der Waals surface area contributed by atoms with E-state index in [1.54, 1.807) is 6.20 Å². The average molecular weight is 395 g/mol. The second-order valence-corrected chi connectivity index (χ2v) is 8.62. The van der Waals surface area contributed by atoms with Crippen LogP contribution in [0, 0.1) is 17.8 Å². The van der Waals surface area contributed by atoms with Crippen molar-refractivity contribution in [3.05, 3.63) is 17.5 Å². The fourth-order valence-electron chi connectivity index (χ4n) is 5.14. The lowest BCUT2D eigenvalue weighted by atomic mass is 9.82. The van der Waals surface area contributed by atoms with Crippen molar-refractivity contribution in [2.75, 3.05) is 18.0 Å². The molecule has 5 rings (SSSR count). The number of nitrogens with one attached hydrogen (secondary N) is 1. The second kappa shape index (κ2) is 6.55. The van der Waals surface area contributed by atoms with E-state index in [1.165, 1.54) is 6.20 Å². The number of carbonyl (C=O) groups excluding carboxylic acids is 1. The van der Waals surface area contributed by atoms with Crippen LogP contribution >= 0.6 is 11.6 Å². The first kappa shape index (κ1) is 17.6. The lowest BCUT2D eigenvalue weighted by Gasteiger charge is -2.37. The van der Waals surface area contributed by atoms with Crippen molar-refractivity contribution in [3.63, 3.8) is 0 Å². The van der Waals surface area contributed by atoms with Crippen molar-refractivity contribution in [1.82, 2.24) is 15.3 Å². The Morgan fingerprint density at radius 3 is 2.74 bits per heavy atom. The number of fused-ring (bicyclic) bond motifs is 4. The Kier molecular flexibility index (Phi) is 4.27. The summed E-state index contributed by atoms with van der Waals surface area (Å²) in [6, 6.07) is 0.0514. The summed E-state index contributed by atoms with van der Waals surface area (Å²) < 4.78 is 6.07. The number of aliphatic hydroxyl groups is 2. The molecule has 3 N–H and O–H groups in total. The van der Waals surface area contributed by atoms with Crippen molar-refractivity contribution < 1.29 is 19.7 Å². The summed E-state index contributed by atoms with van der Waals surface area (Å²) in [5.41, 5.74) is 0. The van der Waals surface area contributed by atoms with Crippen LogP contribution in [-0.4, -0.2) is 69.6 Å². The quantitative estimate of drug-likeness (QED) is 0.660. The molecule has 1 aromatic heterocycles. The molecule has 0 aromatic carbocycles. The summed E-state index contributed by atoms with van der Waals surface area (Å²) in [6.07, 6.45) is 3.54. The Bertz CT molecular complexity index is 746. The van der Waals surface area contributed by atoms with Crippen LogP contribution in [0.2, 0.25) is 5.15 Å². The van der Waals surface area contributed by atoms with Gasteiger partial charge in [-0.25, -0.2) is 4.98 Å². The highest BCUT2D eigenvalue weighted by Gasteiger charge is 2.58. The molecule has 8 nitrogen and oxygen atoms in total. The van der Waals surface area contributed by atoms with Crippen molar-refractivity contribution in [2.24, 2.45) is 17.8 Å². The number of ether oxygens (including phenoxy) is 1. The Morgan fingerprint density at radius 2 is 2.00 bits per heavy atom. The summed E-state index contributed by atoms with van der Waals surface area (Å²) in [5.74, 6) is 0.501. The SMILES string of the molecule is O=C(NC1CC(O)C1)C1C[C@@H]2O[C@H]1[C@H]1CN(c3cncc(Cl)n3)C[C@H]1[C@@H]2O. The number of aromatic nitrogens is 2. The number of hydrogen-bond acceptors (Lipinski definition) is 7. The molecule has 1 aromatic rings. The molecule has 9 heteroatoms. The number of nitrogens with zero attached hydrogens (tertiary/aromatic N) is 3. The topological polar surface area (TPSA) is 108 Å². The molecule has 27 heavy (non-hydrogen) atoms. The largest absolute Gasteiger partial charge is 0.393 e. The van der Waals surface area contributed by atoms with E-state index in [9.17, 15) is 15.0 Å². The number of amides is 1. The molecule has 2 bridgehead atoms. The molecule has 3 aliphatic heterocycles. The van der Waals surface area contributed by atoms with Crippen LogP contribution in [0.1, 0.15) is 19.3 Å². The molecule has 3 saturated heterocycles. The number of rotatable bonds is 3. The Balaban J connectivity index is 1.32. The van der Waals surface area contributed by atoms with Gasteiger partial charge in [-0.05, 0) is 19.3 Å². The van der Waals surface area contributed by atoms with Crippen LogP contribution in [0.3, 0.4) is 0 Å². The minimum Gasteiger partial charge on any atom is -0.393 e. The fraction of sp³-hybridized carbons (Fsp3) is 0.722. The van der Waals surface area contributed by atoms with Gasteiger partial charge in [-0.2, -0.15) is 0 Å². The summed E-state index contributed by atoms with van der Waals surface area (Å²) in [4.78, 5) is 23.3. The Hall–Kier alpha value is -1.48. The van der Waals surface area contributed by atoms with Crippen LogP contribution < -0.4 is 10.2 Å². The highest BCUT2D eigenvalue weighted by atomic mass is 35.5. The van der Waals surface area contributed by atoms with E-state index < -0.39 is 6.10 Å². The minimum atomic E-state index is -0.591. The number of halogens is 1. The van der Waals surface area contributed by atoms with Gasteiger partial charge < -0.3 is 25.2 Å². The van der Waals surface area contributed by atoms with E-state index in [0.717, 1.165) is 0 Å². The van der Waals surface area contributed by atoms with E-state index in [0.29, 0.717) is 43.3 Å². The molecule has 0 spiro atoms. The third-order valence-corrected chi connectivity index (χ3v) is 6.76. The number of anilines is 1. The van der Waals surface area contributed by atoms with Gasteiger partial charge in [0.05, 0.1) is 42.7 Å². The molecule has 1 amide bonds. The molecular weight excluding hydrogens is 372 g/mol. The van der Waals surface area contributed by atoms with Gasteiger partial charge in [0.1, 0.15) is 11.0 Å². The van der Waals surface area contributed by atoms with Gasteiger partial charge in [-0.3, -0.25) is 9.78 Å². The maximum absolute atomic E-state index is 12.8. The van der Waals surface area contributed by atoms with Gasteiger partial charge in [-0.15, -0.1) is 0 Å². The average Bonchev–Trinajstić information content (AvgIpc) is 3.22. The Labute approximate surface area is 161 Å². The maximum Gasteiger partial charge on any atom is 0.226 e. The smallest absolute Gasteiger partial charge is 0.226 e. The molecule has 6 atom stereocenters. The van der Waals surface area contributed by atoms with Gasteiger partial charge in [0.25, 0.3) is 0 Å². The normalized spacial score (nSPS) is 42.6. The standard InChI is InChI=1S/C18H23ClN4O4/c19-14-4-20-5-15(22-14)23-6-11-12(7-23)17-10(3-13(27-17)16(11)25)18(26)21-8-1-9(24)2-8/h4-5,8-13,16-17,24-25H,1-3,6-7H2,(H,21,26)/t8?,9?,10?,11-,12+,13+,16+,17-/m1/s1. The van der Waals surface area contributed by atoms with Gasteiger partial charge in [0, 0.05) is 31.0 Å². The van der Waals surface area contributed by atoms with Crippen molar-refractivity contribution >= 4 is 23.3 Å². The number of hydrogen-bond donors (Lipinski definition) is 3. The molecule has 4 fully saturated rings. The summed E-state index contributed by atoms with van der Waals surface area (Å²) in [5, 5.41) is 23.6. The lowest BCUT2D eigenvalue weighted by molar-refractivity contribution is -0.141. The Morgan fingerprint density at radius 1 is 1.22 bits per heavy atom. The van der Waals surface area contributed by atoms with Crippen molar-refractivity contribution in [1.29, 1.82) is 0 Å². The van der Waals surface area contributed by atoms with Gasteiger partial charge >= 0.3 is 0 Å². The van der Waals surface area contributed by atoms with Crippen LogP contribution in [-0.2, 0) is 9.53 Å². The predicted molar refractivity (Wildman–Crippen MR) is 96.2 cm³/mol. The van der Waals surface area contributed by atoms with E-state index >= 15 is 0 Å². The monoisotopic (exact) mass is 394 g/mol. The van der Waals surface area contributed by atoms with E-state index in [2.05, 4.69) is 20.2 Å². The zero-order valence-corrected chi connectivity index (χ0v) is 15.5. The van der Waals surface area contributed by atoms with Crippen LogP contribution in [0.5, 0.6) is 0 Å². The highest BCUT2D eigenvalue weighted by molar-refractivity contribution is 6.29. The first-order chi connectivity index (χ1) is 13.0. The molecule has 4 aliphatic rings. The maximum atomic E-state index is 12.8. The van der Waals surface area contributed by atoms with E-state index in [4.69, 9.17) is 16.3 Å².